The number of rotatable bonds is 6. The second kappa shape index (κ2) is 8.72. The third-order valence-corrected chi connectivity index (χ3v) is 5.81. The van der Waals surface area contributed by atoms with Gasteiger partial charge in [0.15, 0.2) is 5.75 Å². The van der Waals surface area contributed by atoms with Crippen LogP contribution < -0.4 is 4.74 Å². The number of phenols is 1. The summed E-state index contributed by atoms with van der Waals surface area (Å²) in [6.07, 6.45) is 1.39. The minimum atomic E-state index is -0.735. The van der Waals surface area contributed by atoms with Crippen LogP contribution in [0.1, 0.15) is 18.1 Å². The molecule has 3 aromatic rings. The maximum atomic E-state index is 12.9. The molecule has 9 heteroatoms. The van der Waals surface area contributed by atoms with Crippen molar-refractivity contribution in [2.45, 2.75) is 13.5 Å². The Morgan fingerprint density at radius 2 is 1.88 bits per heavy atom. The van der Waals surface area contributed by atoms with Crippen LogP contribution in [0.5, 0.6) is 11.5 Å². The van der Waals surface area contributed by atoms with E-state index in [2.05, 4.69) is 0 Å². The van der Waals surface area contributed by atoms with E-state index in [9.17, 15) is 24.8 Å². The van der Waals surface area contributed by atoms with Gasteiger partial charge in [-0.1, -0.05) is 36.4 Å². The number of carbonyl (C=O) groups excluding carboxylic acids is 2. The molecule has 32 heavy (non-hydrogen) atoms. The first-order chi connectivity index (χ1) is 15.4. The number of nitro groups is 1. The van der Waals surface area contributed by atoms with Gasteiger partial charge in [0.2, 0.25) is 5.75 Å². The van der Waals surface area contributed by atoms with Crippen LogP contribution in [-0.2, 0) is 11.3 Å². The minimum absolute atomic E-state index is 0.0663. The number of nitrogens with zero attached hydrogens (tertiary/aromatic N) is 2. The smallest absolute Gasteiger partial charge is 0.315 e. The van der Waals surface area contributed by atoms with Crippen LogP contribution in [0.25, 0.3) is 16.8 Å². The highest BCUT2D eigenvalue weighted by Crippen LogP contribution is 2.39. The summed E-state index contributed by atoms with van der Waals surface area (Å²) >= 11 is 0.763. The Balaban J connectivity index is 1.62. The summed E-state index contributed by atoms with van der Waals surface area (Å²) in [6.45, 7) is 1.99. The molecule has 162 valence electrons. The van der Waals surface area contributed by atoms with Crippen molar-refractivity contribution in [3.8, 4) is 11.5 Å². The van der Waals surface area contributed by atoms with Gasteiger partial charge >= 0.3 is 5.69 Å². The Morgan fingerprint density at radius 1 is 1.12 bits per heavy atom. The van der Waals surface area contributed by atoms with Gasteiger partial charge < -0.3 is 9.84 Å². The van der Waals surface area contributed by atoms with Crippen LogP contribution in [0.15, 0.2) is 59.5 Å². The lowest BCUT2D eigenvalue weighted by molar-refractivity contribution is -0.386. The second-order valence-electron chi connectivity index (χ2n) is 7.03. The number of ether oxygens (including phenoxy) is 1. The molecule has 1 heterocycles. The SMILES string of the molecule is CCOc1cc(/C=C2\SC(=O)N(Cc3ccc4ccccc4c3)C2=O)cc([N+](=O)[O-])c1O. The van der Waals surface area contributed by atoms with E-state index in [-0.39, 0.29) is 29.4 Å². The number of benzene rings is 3. The molecule has 0 aliphatic carbocycles. The van der Waals surface area contributed by atoms with Crippen molar-refractivity contribution < 1.29 is 24.4 Å². The molecular formula is C23H18N2O6S. The molecule has 0 radical (unpaired) electrons. The van der Waals surface area contributed by atoms with Crippen molar-refractivity contribution in [1.29, 1.82) is 0 Å². The Hall–Kier alpha value is -3.85. The van der Waals surface area contributed by atoms with E-state index >= 15 is 0 Å². The van der Waals surface area contributed by atoms with Gasteiger partial charge in [-0.25, -0.2) is 0 Å². The summed E-state index contributed by atoms with van der Waals surface area (Å²) in [7, 11) is 0. The lowest BCUT2D eigenvalue weighted by Gasteiger charge is -2.13. The van der Waals surface area contributed by atoms with Gasteiger partial charge in [-0.3, -0.25) is 24.6 Å². The molecule has 0 atom stereocenters. The Kier molecular flexibility index (Phi) is 5.83. The number of nitro benzene ring substituents is 1. The number of hydrogen-bond donors (Lipinski definition) is 1. The molecular weight excluding hydrogens is 432 g/mol. The highest BCUT2D eigenvalue weighted by molar-refractivity contribution is 8.18. The lowest BCUT2D eigenvalue weighted by atomic mass is 10.1. The molecule has 1 aliphatic heterocycles. The lowest BCUT2D eigenvalue weighted by Crippen LogP contribution is -2.27. The number of imide groups is 1. The van der Waals surface area contributed by atoms with E-state index in [0.29, 0.717) is 0 Å². The zero-order valence-electron chi connectivity index (χ0n) is 17.0. The van der Waals surface area contributed by atoms with Crippen LogP contribution in [0.3, 0.4) is 0 Å². The molecule has 8 nitrogen and oxygen atoms in total. The van der Waals surface area contributed by atoms with Crippen molar-refractivity contribution in [3.05, 3.63) is 80.7 Å². The molecule has 2 amide bonds. The maximum Gasteiger partial charge on any atom is 0.315 e. The maximum absolute atomic E-state index is 12.9. The molecule has 1 N–H and O–H groups in total. The van der Waals surface area contributed by atoms with E-state index in [1.807, 2.05) is 42.5 Å². The molecule has 0 bridgehead atoms. The molecule has 0 saturated carbocycles. The van der Waals surface area contributed by atoms with E-state index in [4.69, 9.17) is 4.74 Å². The van der Waals surface area contributed by atoms with Crippen LogP contribution in [0.2, 0.25) is 0 Å². The predicted octanol–water partition coefficient (Wildman–Crippen LogP) is 5.09. The largest absolute Gasteiger partial charge is 0.500 e. The number of thioether (sulfide) groups is 1. The fraction of sp³-hybridized carbons (Fsp3) is 0.130. The van der Waals surface area contributed by atoms with Gasteiger partial charge in [0.25, 0.3) is 11.1 Å². The number of hydrogen-bond acceptors (Lipinski definition) is 7. The van der Waals surface area contributed by atoms with Gasteiger partial charge in [0.05, 0.1) is 23.0 Å². The molecule has 3 aromatic carbocycles. The first-order valence-corrected chi connectivity index (χ1v) is 10.6. The summed E-state index contributed by atoms with van der Waals surface area (Å²) in [5, 5.41) is 22.9. The van der Waals surface area contributed by atoms with Crippen molar-refractivity contribution >= 4 is 45.4 Å². The summed E-state index contributed by atoms with van der Waals surface area (Å²) in [5.41, 5.74) is 0.540. The van der Waals surface area contributed by atoms with E-state index in [0.717, 1.165) is 39.1 Å². The Bertz CT molecular complexity index is 1290. The first kappa shape index (κ1) is 21.4. The summed E-state index contributed by atoms with van der Waals surface area (Å²) < 4.78 is 5.26. The van der Waals surface area contributed by atoms with Gasteiger partial charge in [-0.2, -0.15) is 0 Å². The van der Waals surface area contributed by atoms with Crippen molar-refractivity contribution in [1.82, 2.24) is 4.90 Å². The normalized spacial score (nSPS) is 15.0. The van der Waals surface area contributed by atoms with Gasteiger partial charge in [0.1, 0.15) is 0 Å². The molecule has 1 fully saturated rings. The summed E-state index contributed by atoms with van der Waals surface area (Å²) in [6, 6.07) is 16.1. The van der Waals surface area contributed by atoms with E-state index in [1.165, 1.54) is 12.1 Å². The average Bonchev–Trinajstić information content (AvgIpc) is 3.03. The zero-order chi connectivity index (χ0) is 22.8. The number of aromatic hydroxyl groups is 1. The third-order valence-electron chi connectivity index (χ3n) is 4.90. The second-order valence-corrected chi connectivity index (χ2v) is 8.02. The van der Waals surface area contributed by atoms with Crippen molar-refractivity contribution in [3.63, 3.8) is 0 Å². The summed E-state index contributed by atoms with van der Waals surface area (Å²) in [4.78, 5) is 37.2. The Labute approximate surface area is 187 Å². The number of amides is 2. The molecule has 0 unspecified atom stereocenters. The van der Waals surface area contributed by atoms with Crippen LogP contribution >= 0.6 is 11.8 Å². The van der Waals surface area contributed by atoms with Crippen molar-refractivity contribution in [2.24, 2.45) is 0 Å². The highest BCUT2D eigenvalue weighted by Gasteiger charge is 2.35. The highest BCUT2D eigenvalue weighted by atomic mass is 32.2. The topological polar surface area (TPSA) is 110 Å². The fourth-order valence-electron chi connectivity index (χ4n) is 3.41. The van der Waals surface area contributed by atoms with Gasteiger partial charge in [-0.05, 0) is 58.8 Å². The molecule has 4 rings (SSSR count). The standard InChI is InChI=1S/C23H18N2O6S/c1-2-31-19-11-15(10-18(21(19)26)25(29)30)12-20-22(27)24(23(28)32-20)13-14-7-8-16-5-3-4-6-17(16)9-14/h3-12,26H,2,13H2,1H3/b20-12-. The predicted molar refractivity (Wildman–Crippen MR) is 121 cm³/mol. The van der Waals surface area contributed by atoms with Crippen LogP contribution in [0.4, 0.5) is 10.5 Å². The number of fused-ring (bicyclic) bond motifs is 1. The van der Waals surface area contributed by atoms with Crippen LogP contribution in [0, 0.1) is 10.1 Å². The summed E-state index contributed by atoms with van der Waals surface area (Å²) in [5.74, 6) is -1.14. The average molecular weight is 450 g/mol. The third kappa shape index (κ3) is 4.15. The van der Waals surface area contributed by atoms with E-state index < -0.39 is 27.5 Å². The quantitative estimate of drug-likeness (QED) is 0.316. The molecule has 1 saturated heterocycles. The van der Waals surface area contributed by atoms with Crippen LogP contribution in [-0.4, -0.2) is 32.7 Å². The van der Waals surface area contributed by atoms with E-state index in [1.54, 1.807) is 6.92 Å². The van der Waals surface area contributed by atoms with Gasteiger partial charge in [-0.15, -0.1) is 0 Å². The molecule has 1 aliphatic rings. The monoisotopic (exact) mass is 450 g/mol. The fourth-order valence-corrected chi connectivity index (χ4v) is 4.25. The number of phenolic OH excluding ortho intramolecular Hbond substituents is 1. The number of carbonyl (C=O) groups is 2. The van der Waals surface area contributed by atoms with Crippen molar-refractivity contribution in [2.75, 3.05) is 6.61 Å². The first-order valence-electron chi connectivity index (χ1n) is 9.74. The van der Waals surface area contributed by atoms with Gasteiger partial charge in [0, 0.05) is 6.07 Å². The minimum Gasteiger partial charge on any atom is -0.500 e. The molecule has 0 aromatic heterocycles. The molecule has 0 spiro atoms. The zero-order valence-corrected chi connectivity index (χ0v) is 17.8. The Morgan fingerprint density at radius 3 is 2.59 bits per heavy atom.